The first-order valence-corrected chi connectivity index (χ1v) is 18.3. The van der Waals surface area contributed by atoms with Crippen LogP contribution in [-0.2, 0) is 35.4 Å². The lowest BCUT2D eigenvalue weighted by atomic mass is 10.1. The standard InChI is InChI=1S/C45H40N4O4/c50-44(38-28-36-34-20-7-9-22-40(34)48(42(36)30-46-38)24-11-18-32-14-3-1-4-15-32)52-26-13-27-53-45(51)39-29-37-35-21-8-10-23-41(35)49(43(37)31-47-39)25-12-19-33-16-5-2-6-17-33/h1-10,14-17,20-23,28-31H,11-13,18-19,24-27H2. The minimum atomic E-state index is -0.508. The molecular weight excluding hydrogens is 661 g/mol. The highest BCUT2D eigenvalue weighted by Crippen LogP contribution is 2.31. The highest BCUT2D eigenvalue weighted by atomic mass is 16.5. The quantitative estimate of drug-likeness (QED) is 0.0830. The summed E-state index contributed by atoms with van der Waals surface area (Å²) in [5.41, 5.74) is 7.33. The Kier molecular flexibility index (Phi) is 9.92. The molecule has 0 fully saturated rings. The fourth-order valence-corrected chi connectivity index (χ4v) is 7.30. The van der Waals surface area contributed by atoms with E-state index in [-0.39, 0.29) is 24.6 Å². The van der Waals surface area contributed by atoms with Gasteiger partial charge in [0.05, 0.1) is 36.6 Å². The number of hydrogen-bond acceptors (Lipinski definition) is 6. The van der Waals surface area contributed by atoms with Crippen LogP contribution in [-0.4, -0.2) is 44.3 Å². The minimum Gasteiger partial charge on any atom is -0.461 e. The van der Waals surface area contributed by atoms with Crippen LogP contribution in [0.15, 0.2) is 134 Å². The summed E-state index contributed by atoms with van der Waals surface area (Å²) < 4.78 is 15.7. The molecule has 0 N–H and O–H groups in total. The SMILES string of the molecule is O=C(OCCCOC(=O)c1cc2c3ccccc3n(CCCc3ccccc3)c2cn1)c1cc2c3ccccc3n(CCCc3ccccc3)c2cn1. The number of aromatic nitrogens is 4. The number of aryl methyl sites for hydroxylation is 4. The third-order valence-corrected chi connectivity index (χ3v) is 9.87. The Morgan fingerprint density at radius 2 is 0.887 bits per heavy atom. The van der Waals surface area contributed by atoms with Crippen molar-refractivity contribution in [2.45, 2.75) is 45.2 Å². The van der Waals surface area contributed by atoms with Gasteiger partial charge in [-0.15, -0.1) is 0 Å². The average Bonchev–Trinajstić information content (AvgIpc) is 3.70. The van der Waals surface area contributed by atoms with Crippen molar-refractivity contribution >= 4 is 55.6 Å². The van der Waals surface area contributed by atoms with Gasteiger partial charge < -0.3 is 18.6 Å². The monoisotopic (exact) mass is 700 g/mol. The van der Waals surface area contributed by atoms with E-state index < -0.39 is 11.9 Å². The largest absolute Gasteiger partial charge is 0.461 e. The van der Waals surface area contributed by atoms with Gasteiger partial charge in [-0.05, 0) is 61.1 Å². The first kappa shape index (κ1) is 33.8. The molecular formula is C45H40N4O4. The van der Waals surface area contributed by atoms with E-state index in [4.69, 9.17) is 9.47 Å². The van der Waals surface area contributed by atoms with Gasteiger partial charge in [0.25, 0.3) is 0 Å². The molecule has 0 unspecified atom stereocenters. The first-order valence-electron chi connectivity index (χ1n) is 18.3. The van der Waals surface area contributed by atoms with Crippen LogP contribution >= 0.6 is 0 Å². The highest BCUT2D eigenvalue weighted by Gasteiger charge is 2.18. The van der Waals surface area contributed by atoms with Crippen molar-refractivity contribution < 1.29 is 19.1 Å². The molecule has 0 aliphatic carbocycles. The van der Waals surface area contributed by atoms with Gasteiger partial charge in [0.1, 0.15) is 11.4 Å². The van der Waals surface area contributed by atoms with Gasteiger partial charge >= 0.3 is 11.9 Å². The fourth-order valence-electron chi connectivity index (χ4n) is 7.30. The first-order chi connectivity index (χ1) is 26.1. The molecule has 264 valence electrons. The maximum Gasteiger partial charge on any atom is 0.356 e. The van der Waals surface area contributed by atoms with Gasteiger partial charge in [0, 0.05) is 52.1 Å². The van der Waals surface area contributed by atoms with Crippen molar-refractivity contribution in [1.82, 2.24) is 19.1 Å². The van der Waals surface area contributed by atoms with Crippen molar-refractivity contribution in [3.63, 3.8) is 0 Å². The van der Waals surface area contributed by atoms with Crippen LogP contribution in [0.2, 0.25) is 0 Å². The second kappa shape index (κ2) is 15.5. The van der Waals surface area contributed by atoms with Crippen LogP contribution in [0.4, 0.5) is 0 Å². The summed E-state index contributed by atoms with van der Waals surface area (Å²) in [5, 5.41) is 4.09. The Labute approximate surface area is 307 Å². The predicted octanol–water partition coefficient (Wildman–Crippen LogP) is 9.36. The van der Waals surface area contributed by atoms with E-state index in [9.17, 15) is 9.59 Å². The molecule has 8 rings (SSSR count). The van der Waals surface area contributed by atoms with Crippen LogP contribution < -0.4 is 0 Å². The molecule has 4 heterocycles. The van der Waals surface area contributed by atoms with E-state index in [2.05, 4.69) is 91.9 Å². The zero-order valence-electron chi connectivity index (χ0n) is 29.5. The van der Waals surface area contributed by atoms with Crippen LogP contribution in [0, 0.1) is 0 Å². The Bertz CT molecular complexity index is 2360. The van der Waals surface area contributed by atoms with Gasteiger partial charge in [-0.1, -0.05) is 97.1 Å². The number of esters is 2. The van der Waals surface area contributed by atoms with Crippen molar-refractivity contribution in [2.75, 3.05) is 13.2 Å². The number of para-hydroxylation sites is 2. The summed E-state index contributed by atoms with van der Waals surface area (Å²) in [7, 11) is 0. The molecule has 0 aliphatic rings. The van der Waals surface area contributed by atoms with Gasteiger partial charge in [-0.3, -0.25) is 0 Å². The molecule has 8 nitrogen and oxygen atoms in total. The van der Waals surface area contributed by atoms with E-state index in [1.807, 2.05) is 48.5 Å². The molecule has 4 aromatic carbocycles. The molecule has 0 bridgehead atoms. The summed E-state index contributed by atoms with van der Waals surface area (Å²) >= 11 is 0. The zero-order chi connectivity index (χ0) is 36.0. The van der Waals surface area contributed by atoms with Crippen LogP contribution in [0.1, 0.15) is 51.4 Å². The van der Waals surface area contributed by atoms with E-state index in [0.717, 1.165) is 82.4 Å². The van der Waals surface area contributed by atoms with E-state index >= 15 is 0 Å². The third-order valence-electron chi connectivity index (χ3n) is 9.87. The van der Waals surface area contributed by atoms with E-state index in [1.165, 1.54) is 11.1 Å². The lowest BCUT2D eigenvalue weighted by Gasteiger charge is -2.09. The molecule has 8 aromatic rings. The summed E-state index contributed by atoms with van der Waals surface area (Å²) in [4.78, 5) is 35.0. The number of carbonyl (C=O) groups is 2. The number of fused-ring (bicyclic) bond motifs is 6. The topological polar surface area (TPSA) is 88.2 Å². The Hall–Kier alpha value is -6.28. The van der Waals surface area contributed by atoms with Crippen molar-refractivity contribution in [3.8, 4) is 0 Å². The lowest BCUT2D eigenvalue weighted by Crippen LogP contribution is -2.13. The maximum absolute atomic E-state index is 13.0. The second-order valence-electron chi connectivity index (χ2n) is 13.3. The average molecular weight is 701 g/mol. The minimum absolute atomic E-state index is 0.0933. The molecule has 0 amide bonds. The number of nitrogens with zero attached hydrogens (tertiary/aromatic N) is 4. The lowest BCUT2D eigenvalue weighted by molar-refractivity contribution is 0.0389. The molecule has 0 radical (unpaired) electrons. The molecule has 0 saturated carbocycles. The fraction of sp³-hybridized carbons (Fsp3) is 0.200. The molecule has 53 heavy (non-hydrogen) atoms. The van der Waals surface area contributed by atoms with Gasteiger partial charge in [0.2, 0.25) is 0 Å². The number of pyridine rings is 2. The van der Waals surface area contributed by atoms with E-state index in [0.29, 0.717) is 6.42 Å². The van der Waals surface area contributed by atoms with E-state index in [1.54, 1.807) is 12.4 Å². The molecule has 0 aliphatic heterocycles. The number of ether oxygens (including phenoxy) is 2. The Morgan fingerprint density at radius 3 is 1.34 bits per heavy atom. The van der Waals surface area contributed by atoms with Gasteiger partial charge in [0.15, 0.2) is 0 Å². The molecule has 0 atom stereocenters. The van der Waals surface area contributed by atoms with Gasteiger partial charge in [-0.2, -0.15) is 0 Å². The summed E-state index contributed by atoms with van der Waals surface area (Å²) in [5.74, 6) is -1.02. The molecule has 8 heteroatoms. The zero-order valence-corrected chi connectivity index (χ0v) is 29.5. The Morgan fingerprint density at radius 1 is 0.472 bits per heavy atom. The number of carbonyl (C=O) groups excluding carboxylic acids is 2. The van der Waals surface area contributed by atoms with Gasteiger partial charge in [-0.25, -0.2) is 19.6 Å². The predicted molar refractivity (Wildman–Crippen MR) is 209 cm³/mol. The summed E-state index contributed by atoms with van der Waals surface area (Å²) in [6.07, 6.45) is 7.81. The van der Waals surface area contributed by atoms with Crippen LogP contribution in [0.3, 0.4) is 0 Å². The summed E-state index contributed by atoms with van der Waals surface area (Å²) in [6.45, 7) is 1.86. The number of benzene rings is 4. The Balaban J connectivity index is 0.871. The smallest absolute Gasteiger partial charge is 0.356 e. The highest BCUT2D eigenvalue weighted by molar-refractivity contribution is 6.10. The molecule has 0 spiro atoms. The normalized spacial score (nSPS) is 11.5. The number of rotatable bonds is 14. The number of hydrogen-bond donors (Lipinski definition) is 0. The molecule has 4 aromatic heterocycles. The second-order valence-corrected chi connectivity index (χ2v) is 13.3. The van der Waals surface area contributed by atoms with Crippen molar-refractivity contribution in [1.29, 1.82) is 0 Å². The van der Waals surface area contributed by atoms with Crippen LogP contribution in [0.5, 0.6) is 0 Å². The van der Waals surface area contributed by atoms with Crippen molar-refractivity contribution in [2.24, 2.45) is 0 Å². The third kappa shape index (κ3) is 7.26. The summed E-state index contributed by atoms with van der Waals surface area (Å²) in [6, 6.07) is 41.1. The van der Waals surface area contributed by atoms with Crippen LogP contribution in [0.25, 0.3) is 43.6 Å². The molecule has 0 saturated heterocycles. The maximum atomic E-state index is 13.0. The van der Waals surface area contributed by atoms with Crippen molar-refractivity contribution in [3.05, 3.63) is 156 Å².